The van der Waals surface area contributed by atoms with Crippen molar-refractivity contribution in [1.29, 1.82) is 0 Å². The van der Waals surface area contributed by atoms with Gasteiger partial charge in [0.2, 0.25) is 0 Å². The molecule has 0 heterocycles. The summed E-state index contributed by atoms with van der Waals surface area (Å²) in [5, 5.41) is 8.93. The highest BCUT2D eigenvalue weighted by molar-refractivity contribution is 4.85. The summed E-state index contributed by atoms with van der Waals surface area (Å²) in [7, 11) is 0. The third-order valence-electron chi connectivity index (χ3n) is 2.47. The smallest absolute Gasteiger partial charge is 0.394 e. The van der Waals surface area contributed by atoms with Gasteiger partial charge in [-0.1, -0.05) is 20.8 Å². The Balaban J connectivity index is 4.60. The minimum absolute atomic E-state index is 0.596. The average Bonchev–Trinajstić information content (AvgIpc) is 2.15. The summed E-state index contributed by atoms with van der Waals surface area (Å²) < 4.78 is 65.4. The molecule has 18 heavy (non-hydrogen) atoms. The molecule has 0 aromatic carbocycles. The van der Waals surface area contributed by atoms with E-state index >= 15 is 0 Å². The largest absolute Gasteiger partial charge is 0.455 e. The number of hydrogen-bond donors (Lipinski definition) is 2. The SMILES string of the molecule is CC(C)(C)C(N)C(CO)OCC(F)(F)C(F)(F)F. The second kappa shape index (κ2) is 5.66. The van der Waals surface area contributed by atoms with Gasteiger partial charge >= 0.3 is 12.1 Å². The lowest BCUT2D eigenvalue weighted by Gasteiger charge is -2.34. The van der Waals surface area contributed by atoms with Crippen molar-refractivity contribution in [3.05, 3.63) is 0 Å². The lowest BCUT2D eigenvalue weighted by Crippen LogP contribution is -2.51. The standard InChI is InChI=1S/C10H18F5NO2/c1-8(2,3)7(16)6(4-17)18-5-9(11,12)10(13,14)15/h6-7,17H,4-5,16H2,1-3H3. The van der Waals surface area contributed by atoms with Gasteiger partial charge in [0.1, 0.15) is 6.61 Å². The van der Waals surface area contributed by atoms with Gasteiger partial charge < -0.3 is 15.6 Å². The lowest BCUT2D eigenvalue weighted by atomic mass is 9.84. The van der Waals surface area contributed by atoms with E-state index in [1.54, 1.807) is 20.8 Å². The molecule has 0 amide bonds. The second-order valence-electron chi connectivity index (χ2n) is 5.13. The number of hydrogen-bond acceptors (Lipinski definition) is 3. The Hall–Kier alpha value is -0.470. The number of alkyl halides is 5. The molecule has 2 unspecified atom stereocenters. The van der Waals surface area contributed by atoms with E-state index in [1.165, 1.54) is 0 Å². The molecule has 0 aliphatic rings. The van der Waals surface area contributed by atoms with Gasteiger partial charge in [-0.2, -0.15) is 22.0 Å². The van der Waals surface area contributed by atoms with Gasteiger partial charge in [-0.05, 0) is 5.41 Å². The first-order valence-corrected chi connectivity index (χ1v) is 5.25. The predicted molar refractivity (Wildman–Crippen MR) is 55.3 cm³/mol. The summed E-state index contributed by atoms with van der Waals surface area (Å²) in [6.45, 7) is 2.39. The number of rotatable bonds is 5. The normalized spacial score (nSPS) is 17.7. The first kappa shape index (κ1) is 17.5. The second-order valence-corrected chi connectivity index (χ2v) is 5.13. The molecular formula is C10H18F5NO2. The maximum absolute atomic E-state index is 12.6. The van der Waals surface area contributed by atoms with Gasteiger partial charge in [-0.25, -0.2) is 0 Å². The van der Waals surface area contributed by atoms with Crippen molar-refractivity contribution in [3.63, 3.8) is 0 Å². The van der Waals surface area contributed by atoms with Crippen LogP contribution in [0.3, 0.4) is 0 Å². The molecule has 3 N–H and O–H groups in total. The molecule has 2 atom stereocenters. The Morgan fingerprint density at radius 2 is 1.56 bits per heavy atom. The summed E-state index contributed by atoms with van der Waals surface area (Å²) in [5.74, 6) is -4.96. The van der Waals surface area contributed by atoms with Crippen molar-refractivity contribution >= 4 is 0 Å². The van der Waals surface area contributed by atoms with E-state index < -0.39 is 42.9 Å². The lowest BCUT2D eigenvalue weighted by molar-refractivity contribution is -0.301. The van der Waals surface area contributed by atoms with Crippen molar-refractivity contribution in [2.75, 3.05) is 13.2 Å². The van der Waals surface area contributed by atoms with Crippen molar-refractivity contribution in [1.82, 2.24) is 0 Å². The van der Waals surface area contributed by atoms with Crippen molar-refractivity contribution < 1.29 is 31.8 Å². The van der Waals surface area contributed by atoms with Crippen LogP contribution in [0.25, 0.3) is 0 Å². The van der Waals surface area contributed by atoms with Gasteiger partial charge in [-0.3, -0.25) is 0 Å². The van der Waals surface area contributed by atoms with Crippen molar-refractivity contribution in [3.8, 4) is 0 Å². The van der Waals surface area contributed by atoms with E-state index in [4.69, 9.17) is 10.8 Å². The van der Waals surface area contributed by atoms with Gasteiger partial charge in [0.15, 0.2) is 0 Å². The molecule has 0 spiro atoms. The highest BCUT2D eigenvalue weighted by Crippen LogP contribution is 2.36. The van der Waals surface area contributed by atoms with Gasteiger partial charge in [0.05, 0.1) is 12.7 Å². The van der Waals surface area contributed by atoms with Gasteiger partial charge in [0.25, 0.3) is 0 Å². The summed E-state index contributed by atoms with van der Waals surface area (Å²) in [5.41, 5.74) is 5.04. The van der Waals surface area contributed by atoms with Crippen LogP contribution in [-0.2, 0) is 4.74 Å². The van der Waals surface area contributed by atoms with Crippen LogP contribution < -0.4 is 5.73 Å². The molecule has 0 aromatic heterocycles. The minimum Gasteiger partial charge on any atom is -0.394 e. The first-order valence-electron chi connectivity index (χ1n) is 5.25. The molecule has 3 nitrogen and oxygen atoms in total. The minimum atomic E-state index is -5.68. The fraction of sp³-hybridized carbons (Fsp3) is 1.00. The van der Waals surface area contributed by atoms with Crippen LogP contribution in [0.15, 0.2) is 0 Å². The van der Waals surface area contributed by atoms with E-state index in [2.05, 4.69) is 4.74 Å². The number of aliphatic hydroxyl groups is 1. The topological polar surface area (TPSA) is 55.5 Å². The average molecular weight is 279 g/mol. The highest BCUT2D eigenvalue weighted by Gasteiger charge is 2.58. The molecule has 0 rings (SSSR count). The molecule has 0 bridgehead atoms. The Labute approximate surface area is 102 Å². The molecular weight excluding hydrogens is 261 g/mol. The number of ether oxygens (including phenoxy) is 1. The molecule has 0 radical (unpaired) electrons. The van der Waals surface area contributed by atoms with E-state index in [9.17, 15) is 22.0 Å². The summed E-state index contributed by atoms with van der Waals surface area (Å²) in [6, 6.07) is -0.869. The molecule has 0 aromatic rings. The highest BCUT2D eigenvalue weighted by atomic mass is 19.4. The molecule has 0 saturated heterocycles. The first-order chi connectivity index (χ1) is 7.83. The zero-order chi connectivity index (χ0) is 14.8. The zero-order valence-electron chi connectivity index (χ0n) is 10.4. The molecule has 0 aliphatic carbocycles. The third-order valence-corrected chi connectivity index (χ3v) is 2.47. The fourth-order valence-corrected chi connectivity index (χ4v) is 1.12. The van der Waals surface area contributed by atoms with Crippen LogP contribution in [0, 0.1) is 5.41 Å². The Morgan fingerprint density at radius 1 is 1.11 bits per heavy atom. The molecule has 110 valence electrons. The van der Waals surface area contributed by atoms with Gasteiger partial charge in [0, 0.05) is 6.04 Å². The van der Waals surface area contributed by atoms with Crippen LogP contribution in [-0.4, -0.2) is 42.6 Å². The van der Waals surface area contributed by atoms with E-state index in [0.29, 0.717) is 0 Å². The zero-order valence-corrected chi connectivity index (χ0v) is 10.4. The predicted octanol–water partition coefficient (Wildman–Crippen LogP) is 1.93. The summed E-state index contributed by atoms with van der Waals surface area (Å²) >= 11 is 0. The molecule has 0 fully saturated rings. The van der Waals surface area contributed by atoms with Gasteiger partial charge in [-0.15, -0.1) is 0 Å². The van der Waals surface area contributed by atoms with Crippen LogP contribution in [0.5, 0.6) is 0 Å². The summed E-state index contributed by atoms with van der Waals surface area (Å²) in [6.07, 6.45) is -6.96. The van der Waals surface area contributed by atoms with E-state index in [0.717, 1.165) is 0 Å². The maximum Gasteiger partial charge on any atom is 0.455 e. The maximum atomic E-state index is 12.6. The Bertz CT molecular complexity index is 262. The summed E-state index contributed by atoms with van der Waals surface area (Å²) in [4.78, 5) is 0. The number of halogens is 5. The van der Waals surface area contributed by atoms with Crippen LogP contribution in [0.2, 0.25) is 0 Å². The van der Waals surface area contributed by atoms with E-state index in [1.807, 2.05) is 0 Å². The van der Waals surface area contributed by atoms with Crippen molar-refractivity contribution in [2.24, 2.45) is 11.1 Å². The number of nitrogens with two attached hydrogens (primary N) is 1. The third kappa shape index (κ3) is 4.66. The van der Waals surface area contributed by atoms with Crippen LogP contribution >= 0.6 is 0 Å². The number of aliphatic hydroxyl groups excluding tert-OH is 1. The fourth-order valence-electron chi connectivity index (χ4n) is 1.12. The van der Waals surface area contributed by atoms with Crippen molar-refractivity contribution in [2.45, 2.75) is 45.0 Å². The molecule has 8 heteroatoms. The Kier molecular flexibility index (Phi) is 5.52. The molecule has 0 saturated carbocycles. The molecule has 0 aliphatic heterocycles. The Morgan fingerprint density at radius 3 is 1.83 bits per heavy atom. The quantitative estimate of drug-likeness (QED) is 0.756. The van der Waals surface area contributed by atoms with Crippen LogP contribution in [0.1, 0.15) is 20.8 Å². The monoisotopic (exact) mass is 279 g/mol. The van der Waals surface area contributed by atoms with Crippen LogP contribution in [0.4, 0.5) is 22.0 Å². The van der Waals surface area contributed by atoms with E-state index in [-0.39, 0.29) is 0 Å².